The van der Waals surface area contributed by atoms with Crippen LogP contribution in [0, 0.1) is 10.1 Å². The summed E-state index contributed by atoms with van der Waals surface area (Å²) in [6.45, 7) is 5.46. The highest BCUT2D eigenvalue weighted by atomic mass is 16.6. The van der Waals surface area contributed by atoms with Gasteiger partial charge in [0.15, 0.2) is 5.96 Å². The van der Waals surface area contributed by atoms with Crippen LogP contribution >= 0.6 is 0 Å². The topological polar surface area (TPSA) is 118 Å². The van der Waals surface area contributed by atoms with Crippen LogP contribution in [0.2, 0.25) is 0 Å². The molecule has 11 heteroatoms. The third-order valence-electron chi connectivity index (χ3n) is 4.21. The van der Waals surface area contributed by atoms with Gasteiger partial charge in [0, 0.05) is 52.4 Å². The van der Waals surface area contributed by atoms with Crippen LogP contribution in [-0.2, 0) is 13.1 Å². The first-order chi connectivity index (χ1) is 12.7. The minimum atomic E-state index is -0.450. The molecule has 1 aliphatic heterocycles. The van der Waals surface area contributed by atoms with Crippen molar-refractivity contribution in [2.45, 2.75) is 13.1 Å². The van der Waals surface area contributed by atoms with Gasteiger partial charge in [-0.2, -0.15) is 5.10 Å². The van der Waals surface area contributed by atoms with Crippen molar-refractivity contribution in [3.05, 3.63) is 40.5 Å². The largest absolute Gasteiger partial charge is 0.364 e. The molecule has 3 heterocycles. The monoisotopic (exact) mass is 362 g/mol. The maximum absolute atomic E-state index is 10.7. The van der Waals surface area contributed by atoms with Gasteiger partial charge in [0.05, 0.1) is 17.2 Å². The number of nitrogens with zero attached hydrogens (tertiary/aromatic N) is 7. The van der Waals surface area contributed by atoms with Crippen molar-refractivity contribution >= 4 is 11.6 Å². The van der Waals surface area contributed by atoms with Crippen molar-refractivity contribution in [2.75, 3.05) is 39.8 Å². The molecule has 0 aliphatic carbocycles. The van der Waals surface area contributed by atoms with Crippen LogP contribution in [0.4, 0.5) is 5.69 Å². The van der Waals surface area contributed by atoms with E-state index in [2.05, 4.69) is 30.4 Å². The van der Waals surface area contributed by atoms with Crippen LogP contribution in [0.1, 0.15) is 5.69 Å². The minimum absolute atomic E-state index is 0.00221. The number of nitrogens with one attached hydrogen (secondary N) is 1. The zero-order valence-electron chi connectivity index (χ0n) is 14.6. The normalized spacial score (nSPS) is 16.0. The number of aliphatic imine (C=N–C) groups is 1. The zero-order valence-corrected chi connectivity index (χ0v) is 14.6. The van der Waals surface area contributed by atoms with Crippen molar-refractivity contribution in [2.24, 2.45) is 4.99 Å². The molecule has 3 rings (SSSR count). The number of hydrogen-bond acceptors (Lipinski definition) is 7. The van der Waals surface area contributed by atoms with Gasteiger partial charge in [-0.3, -0.25) is 24.7 Å². The van der Waals surface area contributed by atoms with E-state index in [4.69, 9.17) is 4.52 Å². The predicted octanol–water partition coefficient (Wildman–Crippen LogP) is 0.173. The molecular formula is C15H22N8O3. The fourth-order valence-corrected chi connectivity index (χ4v) is 2.85. The number of hydrogen-bond donors (Lipinski definition) is 1. The van der Waals surface area contributed by atoms with Gasteiger partial charge in [0.25, 0.3) is 0 Å². The summed E-state index contributed by atoms with van der Waals surface area (Å²) >= 11 is 0. The van der Waals surface area contributed by atoms with Crippen molar-refractivity contribution in [1.29, 1.82) is 0 Å². The second kappa shape index (κ2) is 8.43. The van der Waals surface area contributed by atoms with E-state index < -0.39 is 4.92 Å². The molecule has 1 saturated heterocycles. The third kappa shape index (κ3) is 4.57. The standard InChI is InChI=1S/C15H22N8O3/c1-16-15(17-3-4-22-12-14(10-18-22)23(24)25)21-7-5-20(6-8-21)11-13-2-9-26-19-13/h2,9-10,12H,3-8,11H2,1H3,(H,16,17). The Kier molecular flexibility index (Phi) is 5.79. The Morgan fingerprint density at radius 1 is 1.42 bits per heavy atom. The average Bonchev–Trinajstić information content (AvgIpc) is 3.32. The van der Waals surface area contributed by atoms with Crippen LogP contribution in [0.25, 0.3) is 0 Å². The third-order valence-corrected chi connectivity index (χ3v) is 4.21. The van der Waals surface area contributed by atoms with E-state index >= 15 is 0 Å². The number of nitro groups is 1. The summed E-state index contributed by atoms with van der Waals surface area (Å²) in [6.07, 6.45) is 4.27. The molecule has 0 amide bonds. The van der Waals surface area contributed by atoms with Crippen LogP contribution in [0.5, 0.6) is 0 Å². The zero-order chi connectivity index (χ0) is 18.4. The Balaban J connectivity index is 1.42. The van der Waals surface area contributed by atoms with Gasteiger partial charge in [-0.1, -0.05) is 5.16 Å². The summed E-state index contributed by atoms with van der Waals surface area (Å²) in [5, 5.41) is 21.9. The van der Waals surface area contributed by atoms with E-state index in [1.807, 2.05) is 6.07 Å². The first-order valence-electron chi connectivity index (χ1n) is 8.40. The molecule has 0 spiro atoms. The van der Waals surface area contributed by atoms with E-state index in [-0.39, 0.29) is 5.69 Å². The van der Waals surface area contributed by atoms with Crippen LogP contribution in [-0.4, -0.2) is 75.4 Å². The molecular weight excluding hydrogens is 340 g/mol. The smallest absolute Gasteiger partial charge is 0.306 e. The molecule has 1 fully saturated rings. The number of guanidine groups is 1. The van der Waals surface area contributed by atoms with Crippen molar-refractivity contribution in [1.82, 2.24) is 30.1 Å². The first kappa shape index (κ1) is 17.9. The molecule has 140 valence electrons. The summed E-state index contributed by atoms with van der Waals surface area (Å²) in [5.74, 6) is 0.827. The lowest BCUT2D eigenvalue weighted by atomic mass is 10.3. The lowest BCUT2D eigenvalue weighted by molar-refractivity contribution is -0.385. The fourth-order valence-electron chi connectivity index (χ4n) is 2.85. The van der Waals surface area contributed by atoms with Gasteiger partial charge in [-0.05, 0) is 0 Å². The highest BCUT2D eigenvalue weighted by Crippen LogP contribution is 2.08. The molecule has 11 nitrogen and oxygen atoms in total. The summed E-state index contributed by atoms with van der Waals surface area (Å²) in [4.78, 5) is 19.1. The van der Waals surface area contributed by atoms with E-state index in [1.165, 1.54) is 12.4 Å². The highest BCUT2D eigenvalue weighted by molar-refractivity contribution is 5.79. The van der Waals surface area contributed by atoms with Gasteiger partial charge in [-0.25, -0.2) is 0 Å². The molecule has 2 aromatic heterocycles. The van der Waals surface area contributed by atoms with Crippen LogP contribution < -0.4 is 5.32 Å². The molecule has 0 unspecified atom stereocenters. The maximum Gasteiger partial charge on any atom is 0.306 e. The first-order valence-corrected chi connectivity index (χ1v) is 8.40. The molecule has 0 aromatic carbocycles. The lowest BCUT2D eigenvalue weighted by Crippen LogP contribution is -2.52. The SMILES string of the molecule is CN=C(NCCn1cc([N+](=O)[O-])cn1)N1CCN(Cc2ccon2)CC1. The fraction of sp³-hybridized carbons (Fsp3) is 0.533. The van der Waals surface area contributed by atoms with Gasteiger partial charge < -0.3 is 14.7 Å². The highest BCUT2D eigenvalue weighted by Gasteiger charge is 2.20. The van der Waals surface area contributed by atoms with Gasteiger partial charge >= 0.3 is 5.69 Å². The molecule has 0 radical (unpaired) electrons. The van der Waals surface area contributed by atoms with Gasteiger partial charge in [-0.15, -0.1) is 0 Å². The molecule has 1 N–H and O–H groups in total. The Labute approximate surface area is 150 Å². The van der Waals surface area contributed by atoms with Gasteiger partial charge in [0.1, 0.15) is 18.7 Å². The van der Waals surface area contributed by atoms with Gasteiger partial charge in [0.2, 0.25) is 0 Å². The van der Waals surface area contributed by atoms with Crippen LogP contribution in [0.3, 0.4) is 0 Å². The van der Waals surface area contributed by atoms with E-state index in [0.717, 1.165) is 44.4 Å². The second-order valence-corrected chi connectivity index (χ2v) is 5.95. The Morgan fingerprint density at radius 3 is 2.85 bits per heavy atom. The second-order valence-electron chi connectivity index (χ2n) is 5.95. The number of aromatic nitrogens is 3. The van der Waals surface area contributed by atoms with Crippen molar-refractivity contribution in [3.8, 4) is 0 Å². The summed E-state index contributed by atoms with van der Waals surface area (Å²) in [5.41, 5.74) is 0.937. The molecule has 0 saturated carbocycles. The lowest BCUT2D eigenvalue weighted by Gasteiger charge is -2.36. The quantitative estimate of drug-likeness (QED) is 0.334. The maximum atomic E-state index is 10.7. The van der Waals surface area contributed by atoms with Crippen molar-refractivity contribution in [3.63, 3.8) is 0 Å². The number of piperazine rings is 1. The molecule has 0 bridgehead atoms. The summed E-state index contributed by atoms with van der Waals surface area (Å²) < 4.78 is 6.42. The number of rotatable bonds is 6. The van der Waals surface area contributed by atoms with E-state index in [9.17, 15) is 10.1 Å². The van der Waals surface area contributed by atoms with Crippen molar-refractivity contribution < 1.29 is 9.45 Å². The van der Waals surface area contributed by atoms with E-state index in [0.29, 0.717) is 13.1 Å². The molecule has 2 aromatic rings. The predicted molar refractivity (Wildman–Crippen MR) is 93.6 cm³/mol. The Hall–Kier alpha value is -2.95. The molecule has 1 aliphatic rings. The summed E-state index contributed by atoms with van der Waals surface area (Å²) in [6, 6.07) is 1.88. The molecule has 26 heavy (non-hydrogen) atoms. The molecule has 0 atom stereocenters. The Bertz CT molecular complexity index is 734. The summed E-state index contributed by atoms with van der Waals surface area (Å²) in [7, 11) is 1.75. The van der Waals surface area contributed by atoms with E-state index in [1.54, 1.807) is 18.0 Å². The minimum Gasteiger partial charge on any atom is -0.364 e. The Morgan fingerprint density at radius 2 is 2.23 bits per heavy atom. The van der Waals surface area contributed by atoms with Crippen LogP contribution in [0.15, 0.2) is 34.2 Å². The average molecular weight is 362 g/mol.